The molecule has 1 aromatic carbocycles. The van der Waals surface area contributed by atoms with Crippen molar-refractivity contribution in [3.05, 3.63) is 35.4 Å². The van der Waals surface area contributed by atoms with E-state index in [1.54, 1.807) is 0 Å². The van der Waals surface area contributed by atoms with Crippen LogP contribution in [0.5, 0.6) is 0 Å². The molecule has 1 aromatic rings. The second-order valence-corrected chi connectivity index (χ2v) is 4.73. The Morgan fingerprint density at radius 3 is 2.47 bits per heavy atom. The summed E-state index contributed by atoms with van der Waals surface area (Å²) in [6, 6.07) is 8.79. The lowest BCUT2D eigenvalue weighted by Gasteiger charge is -2.24. The van der Waals surface area contributed by atoms with Crippen LogP contribution in [0, 0.1) is 0 Å². The van der Waals surface area contributed by atoms with Crippen molar-refractivity contribution in [2.45, 2.75) is 31.7 Å². The zero-order valence-corrected chi connectivity index (χ0v) is 10.4. The number of nitrogens with two attached hydrogens (primary N) is 1. The van der Waals surface area contributed by atoms with Crippen molar-refractivity contribution in [3.8, 4) is 0 Å². The lowest BCUT2D eigenvalue weighted by molar-refractivity contribution is -0.131. The van der Waals surface area contributed by atoms with E-state index in [9.17, 15) is 4.79 Å². The van der Waals surface area contributed by atoms with Crippen LogP contribution in [0.15, 0.2) is 24.3 Å². The minimum atomic E-state index is 0.216. The van der Waals surface area contributed by atoms with Crippen molar-refractivity contribution in [2.75, 3.05) is 13.6 Å². The second kappa shape index (κ2) is 5.32. The molecule has 0 fully saturated rings. The van der Waals surface area contributed by atoms with Crippen molar-refractivity contribution < 1.29 is 4.79 Å². The molecule has 3 nitrogen and oxygen atoms in total. The minimum absolute atomic E-state index is 0.216. The molecule has 0 heterocycles. The third-order valence-electron chi connectivity index (χ3n) is 3.57. The van der Waals surface area contributed by atoms with Crippen LogP contribution in [0.1, 0.15) is 24.0 Å². The summed E-state index contributed by atoms with van der Waals surface area (Å²) in [4.78, 5) is 13.8. The van der Waals surface area contributed by atoms with E-state index in [1.807, 2.05) is 11.9 Å². The highest BCUT2D eigenvalue weighted by Crippen LogP contribution is 2.25. The standard InChI is InChI=1S/C14H20N2O/c1-16(14(17)7-4-8-15)13-9-11-5-2-3-6-12(11)10-13/h2-3,5-6,13H,4,7-10,15H2,1H3. The Morgan fingerprint density at radius 1 is 1.35 bits per heavy atom. The predicted octanol–water partition coefficient (Wildman–Crippen LogP) is 1.35. The maximum atomic E-state index is 11.9. The van der Waals surface area contributed by atoms with Crippen LogP contribution < -0.4 is 5.73 Å². The fraction of sp³-hybridized carbons (Fsp3) is 0.500. The van der Waals surface area contributed by atoms with Gasteiger partial charge in [-0.1, -0.05) is 24.3 Å². The van der Waals surface area contributed by atoms with Gasteiger partial charge in [-0.2, -0.15) is 0 Å². The van der Waals surface area contributed by atoms with Gasteiger partial charge in [0.1, 0.15) is 0 Å². The molecule has 1 aliphatic rings. The molecule has 2 rings (SSSR count). The van der Waals surface area contributed by atoms with Crippen molar-refractivity contribution in [1.82, 2.24) is 4.90 Å². The van der Waals surface area contributed by atoms with E-state index in [0.717, 1.165) is 19.3 Å². The summed E-state index contributed by atoms with van der Waals surface area (Å²) in [7, 11) is 1.91. The lowest BCUT2D eigenvalue weighted by atomic mass is 10.1. The summed E-state index contributed by atoms with van der Waals surface area (Å²) in [6.07, 6.45) is 3.32. The van der Waals surface area contributed by atoms with E-state index >= 15 is 0 Å². The number of hydrogen-bond acceptors (Lipinski definition) is 2. The Labute approximate surface area is 103 Å². The maximum absolute atomic E-state index is 11.9. The van der Waals surface area contributed by atoms with Crippen LogP contribution in [0.2, 0.25) is 0 Å². The Balaban J connectivity index is 1.96. The summed E-state index contributed by atoms with van der Waals surface area (Å²) in [6.45, 7) is 0.588. The third kappa shape index (κ3) is 2.67. The highest BCUT2D eigenvalue weighted by molar-refractivity contribution is 5.76. The average Bonchev–Trinajstić information content (AvgIpc) is 2.78. The number of carbonyl (C=O) groups excluding carboxylic acids is 1. The van der Waals surface area contributed by atoms with Gasteiger partial charge in [0, 0.05) is 19.5 Å². The van der Waals surface area contributed by atoms with Gasteiger partial charge >= 0.3 is 0 Å². The Hall–Kier alpha value is -1.35. The molecule has 2 N–H and O–H groups in total. The monoisotopic (exact) mass is 232 g/mol. The van der Waals surface area contributed by atoms with Gasteiger partial charge < -0.3 is 10.6 Å². The molecule has 0 spiro atoms. The average molecular weight is 232 g/mol. The summed E-state index contributed by atoms with van der Waals surface area (Å²) in [5.74, 6) is 0.216. The number of amides is 1. The van der Waals surface area contributed by atoms with E-state index in [4.69, 9.17) is 5.73 Å². The van der Waals surface area contributed by atoms with Gasteiger partial charge in [0.2, 0.25) is 5.91 Å². The number of fused-ring (bicyclic) bond motifs is 1. The topological polar surface area (TPSA) is 46.3 Å². The Bertz CT molecular complexity index is 378. The minimum Gasteiger partial charge on any atom is -0.342 e. The number of carbonyl (C=O) groups is 1. The molecule has 0 aliphatic heterocycles. The van der Waals surface area contributed by atoms with Crippen molar-refractivity contribution in [2.24, 2.45) is 5.73 Å². The highest BCUT2D eigenvalue weighted by Gasteiger charge is 2.26. The zero-order chi connectivity index (χ0) is 12.3. The molecule has 3 heteroatoms. The van der Waals surface area contributed by atoms with E-state index in [1.165, 1.54) is 11.1 Å². The Kier molecular flexibility index (Phi) is 3.79. The number of hydrogen-bond donors (Lipinski definition) is 1. The number of rotatable bonds is 4. The smallest absolute Gasteiger partial charge is 0.222 e. The molecule has 0 atom stereocenters. The molecule has 0 unspecified atom stereocenters. The fourth-order valence-electron chi connectivity index (χ4n) is 2.44. The first-order valence-corrected chi connectivity index (χ1v) is 6.25. The molecule has 0 saturated heterocycles. The van der Waals surface area contributed by atoms with Crippen LogP contribution in [-0.2, 0) is 17.6 Å². The molecule has 17 heavy (non-hydrogen) atoms. The SMILES string of the molecule is CN(C(=O)CCCN)C1Cc2ccccc2C1. The highest BCUT2D eigenvalue weighted by atomic mass is 16.2. The van der Waals surface area contributed by atoms with Crippen LogP contribution >= 0.6 is 0 Å². The maximum Gasteiger partial charge on any atom is 0.222 e. The first kappa shape index (κ1) is 12.1. The molecule has 1 aliphatic carbocycles. The van der Waals surface area contributed by atoms with Gasteiger partial charge in [-0.3, -0.25) is 4.79 Å². The van der Waals surface area contributed by atoms with Crippen LogP contribution in [0.4, 0.5) is 0 Å². The molecule has 0 saturated carbocycles. The fourth-order valence-corrected chi connectivity index (χ4v) is 2.44. The van der Waals surface area contributed by atoms with Gasteiger partial charge in [0.15, 0.2) is 0 Å². The van der Waals surface area contributed by atoms with Gasteiger partial charge in [-0.15, -0.1) is 0 Å². The van der Waals surface area contributed by atoms with Crippen molar-refractivity contribution in [1.29, 1.82) is 0 Å². The van der Waals surface area contributed by atoms with Crippen molar-refractivity contribution in [3.63, 3.8) is 0 Å². The summed E-state index contributed by atoms with van der Waals surface area (Å²) in [5, 5.41) is 0. The number of nitrogens with zero attached hydrogens (tertiary/aromatic N) is 1. The Morgan fingerprint density at radius 2 is 1.94 bits per heavy atom. The first-order valence-electron chi connectivity index (χ1n) is 6.25. The number of likely N-dealkylation sites (N-methyl/N-ethyl adjacent to an activating group) is 1. The molecule has 0 bridgehead atoms. The van der Waals surface area contributed by atoms with E-state index in [-0.39, 0.29) is 5.91 Å². The number of benzene rings is 1. The largest absolute Gasteiger partial charge is 0.342 e. The molecular formula is C14H20N2O. The molecule has 0 radical (unpaired) electrons. The van der Waals surface area contributed by atoms with E-state index in [2.05, 4.69) is 24.3 Å². The zero-order valence-electron chi connectivity index (χ0n) is 10.4. The third-order valence-corrected chi connectivity index (χ3v) is 3.57. The summed E-state index contributed by atoms with van der Waals surface area (Å²) < 4.78 is 0. The molecular weight excluding hydrogens is 212 g/mol. The molecule has 0 aromatic heterocycles. The van der Waals surface area contributed by atoms with Crippen LogP contribution in [-0.4, -0.2) is 30.4 Å². The quantitative estimate of drug-likeness (QED) is 0.851. The summed E-state index contributed by atoms with van der Waals surface area (Å²) >= 11 is 0. The van der Waals surface area contributed by atoms with Crippen LogP contribution in [0.3, 0.4) is 0 Å². The predicted molar refractivity (Wildman–Crippen MR) is 68.7 cm³/mol. The van der Waals surface area contributed by atoms with Gasteiger partial charge in [-0.25, -0.2) is 0 Å². The van der Waals surface area contributed by atoms with Crippen LogP contribution in [0.25, 0.3) is 0 Å². The first-order chi connectivity index (χ1) is 8.22. The van der Waals surface area contributed by atoms with Gasteiger partial charge in [-0.05, 0) is 36.9 Å². The molecule has 1 amide bonds. The van der Waals surface area contributed by atoms with Crippen molar-refractivity contribution >= 4 is 5.91 Å². The summed E-state index contributed by atoms with van der Waals surface area (Å²) in [5.41, 5.74) is 8.20. The normalized spacial score (nSPS) is 14.7. The van der Waals surface area contributed by atoms with E-state index in [0.29, 0.717) is 19.0 Å². The van der Waals surface area contributed by atoms with Gasteiger partial charge in [0.25, 0.3) is 0 Å². The van der Waals surface area contributed by atoms with Gasteiger partial charge in [0.05, 0.1) is 0 Å². The second-order valence-electron chi connectivity index (χ2n) is 4.73. The lowest BCUT2D eigenvalue weighted by Crippen LogP contribution is -2.37. The van der Waals surface area contributed by atoms with E-state index < -0.39 is 0 Å². The molecule has 92 valence electrons.